The highest BCUT2D eigenvalue weighted by Crippen LogP contribution is 2.29. The van der Waals surface area contributed by atoms with Gasteiger partial charge >= 0.3 is 0 Å². The van der Waals surface area contributed by atoms with Gasteiger partial charge in [0.15, 0.2) is 0 Å². The van der Waals surface area contributed by atoms with Crippen LogP contribution in [0.1, 0.15) is 36.7 Å². The van der Waals surface area contributed by atoms with Gasteiger partial charge in [0.25, 0.3) is 5.91 Å². The van der Waals surface area contributed by atoms with Gasteiger partial charge in [-0.2, -0.15) is 0 Å². The number of guanidine groups is 1. The molecule has 1 aromatic heterocycles. The molecule has 1 aliphatic rings. The van der Waals surface area contributed by atoms with E-state index in [0.29, 0.717) is 24.0 Å². The fourth-order valence-electron chi connectivity index (χ4n) is 3.79. The van der Waals surface area contributed by atoms with E-state index in [1.807, 2.05) is 49.7 Å². The van der Waals surface area contributed by atoms with E-state index in [2.05, 4.69) is 15.3 Å². The maximum atomic E-state index is 13.4. The Kier molecular flexibility index (Phi) is 6.26. The van der Waals surface area contributed by atoms with Crippen LogP contribution in [-0.2, 0) is 4.79 Å². The lowest BCUT2D eigenvalue weighted by atomic mass is 10.1. The Morgan fingerprint density at radius 1 is 1.24 bits per heavy atom. The van der Waals surface area contributed by atoms with Crippen LogP contribution in [0.15, 0.2) is 65.7 Å². The van der Waals surface area contributed by atoms with Gasteiger partial charge < -0.3 is 14.6 Å². The van der Waals surface area contributed by atoms with Crippen LogP contribution in [0.4, 0.5) is 4.39 Å². The lowest BCUT2D eigenvalue weighted by molar-refractivity contribution is -0.123. The number of ether oxygens (including phenoxy) is 1. The van der Waals surface area contributed by atoms with Crippen molar-refractivity contribution in [3.8, 4) is 11.4 Å². The molecular formula is C25H26FN5O2. The highest BCUT2D eigenvalue weighted by Gasteiger charge is 2.35. The van der Waals surface area contributed by atoms with Gasteiger partial charge in [0.2, 0.25) is 5.96 Å². The minimum Gasteiger partial charge on any atom is -0.495 e. The molecule has 0 spiro atoms. The number of methoxy groups -OCH3 is 1. The molecule has 0 bridgehead atoms. The summed E-state index contributed by atoms with van der Waals surface area (Å²) >= 11 is 0. The zero-order valence-corrected chi connectivity index (χ0v) is 19.0. The van der Waals surface area contributed by atoms with E-state index in [9.17, 15) is 9.18 Å². The first-order valence-electron chi connectivity index (χ1n) is 10.7. The number of carbonyl (C=O) groups is 1. The molecule has 7 nitrogen and oxygen atoms in total. The van der Waals surface area contributed by atoms with E-state index in [1.165, 1.54) is 12.1 Å². The molecular weight excluding hydrogens is 421 g/mol. The van der Waals surface area contributed by atoms with Gasteiger partial charge in [-0.3, -0.25) is 14.7 Å². The smallest absolute Gasteiger partial charge is 0.277 e. The molecule has 1 saturated heterocycles. The van der Waals surface area contributed by atoms with Crippen LogP contribution >= 0.6 is 0 Å². The van der Waals surface area contributed by atoms with Gasteiger partial charge in [-0.05, 0) is 62.2 Å². The molecule has 1 N–H and O–H groups in total. The summed E-state index contributed by atoms with van der Waals surface area (Å²) in [5.74, 6) is 0.615. The minimum atomic E-state index is -0.317. The summed E-state index contributed by atoms with van der Waals surface area (Å²) in [6.45, 7) is 6.24. The number of amides is 1. The molecule has 0 aliphatic carbocycles. The van der Waals surface area contributed by atoms with Crippen molar-refractivity contribution in [3.05, 3.63) is 83.3 Å². The highest BCUT2D eigenvalue weighted by molar-refractivity contribution is 6.15. The molecule has 1 amide bonds. The maximum absolute atomic E-state index is 13.4. The van der Waals surface area contributed by atoms with Gasteiger partial charge in [0.1, 0.15) is 17.3 Å². The number of hydrogen-bond donors (Lipinski definition) is 1. The molecule has 4 rings (SSSR count). The third-order valence-electron chi connectivity index (χ3n) is 5.48. The van der Waals surface area contributed by atoms with Crippen LogP contribution in [0.2, 0.25) is 0 Å². The van der Waals surface area contributed by atoms with Crippen molar-refractivity contribution in [2.24, 2.45) is 4.99 Å². The number of rotatable bonds is 6. The number of aromatic nitrogens is 2. The summed E-state index contributed by atoms with van der Waals surface area (Å²) < 4.78 is 20.8. The van der Waals surface area contributed by atoms with Crippen molar-refractivity contribution in [1.29, 1.82) is 0 Å². The molecule has 2 heterocycles. The number of imidazole rings is 1. The normalized spacial score (nSPS) is 17.0. The first kappa shape index (κ1) is 22.3. The molecule has 2 aromatic carbocycles. The fourth-order valence-corrected chi connectivity index (χ4v) is 3.79. The Bertz CT molecular complexity index is 1230. The van der Waals surface area contributed by atoms with Crippen LogP contribution in [0.25, 0.3) is 11.8 Å². The predicted molar refractivity (Wildman–Crippen MR) is 126 cm³/mol. The molecule has 33 heavy (non-hydrogen) atoms. The fraction of sp³-hybridized carbons (Fsp3) is 0.240. The van der Waals surface area contributed by atoms with Crippen molar-refractivity contribution in [2.75, 3.05) is 13.7 Å². The summed E-state index contributed by atoms with van der Waals surface area (Å²) in [5.41, 5.74) is 3.78. The summed E-state index contributed by atoms with van der Waals surface area (Å²) in [6.07, 6.45) is 5.42. The number of hydrogen-bond acceptors (Lipinski definition) is 4. The number of halogens is 1. The van der Waals surface area contributed by atoms with Crippen molar-refractivity contribution in [3.63, 3.8) is 0 Å². The first-order valence-corrected chi connectivity index (χ1v) is 10.7. The summed E-state index contributed by atoms with van der Waals surface area (Å²) in [5, 5.41) is 3.15. The van der Waals surface area contributed by atoms with Gasteiger partial charge in [-0.15, -0.1) is 0 Å². The number of nitrogens with zero attached hydrogens (tertiary/aromatic N) is 4. The van der Waals surface area contributed by atoms with E-state index in [0.717, 1.165) is 22.5 Å². The van der Waals surface area contributed by atoms with Gasteiger partial charge in [-0.1, -0.05) is 18.2 Å². The van der Waals surface area contributed by atoms with Crippen molar-refractivity contribution < 1.29 is 13.9 Å². The van der Waals surface area contributed by atoms with Crippen LogP contribution in [0.5, 0.6) is 5.75 Å². The van der Waals surface area contributed by atoms with Crippen LogP contribution < -0.4 is 10.1 Å². The average molecular weight is 448 g/mol. The van der Waals surface area contributed by atoms with E-state index in [-0.39, 0.29) is 17.8 Å². The van der Waals surface area contributed by atoms with Crippen molar-refractivity contribution in [2.45, 2.75) is 26.8 Å². The number of aliphatic imine (C=N–C) groups is 1. The number of aryl methyl sites for hydroxylation is 1. The van der Waals surface area contributed by atoms with E-state index in [1.54, 1.807) is 36.5 Å². The van der Waals surface area contributed by atoms with Crippen molar-refractivity contribution >= 4 is 17.9 Å². The van der Waals surface area contributed by atoms with E-state index in [4.69, 9.17) is 4.74 Å². The minimum absolute atomic E-state index is 0.202. The lowest BCUT2D eigenvalue weighted by Gasteiger charge is -2.23. The molecule has 8 heteroatoms. The van der Waals surface area contributed by atoms with Crippen LogP contribution in [0.3, 0.4) is 0 Å². The molecule has 170 valence electrons. The molecule has 3 aromatic rings. The third kappa shape index (κ3) is 4.50. The second kappa shape index (κ2) is 9.28. The molecule has 0 radical (unpaired) electrons. The molecule has 0 saturated carbocycles. The van der Waals surface area contributed by atoms with Gasteiger partial charge in [-0.25, -0.2) is 9.37 Å². The Balaban J connectivity index is 1.66. The Morgan fingerprint density at radius 2 is 2.00 bits per heavy atom. The lowest BCUT2D eigenvalue weighted by Crippen LogP contribution is -2.35. The number of nitrogens with one attached hydrogen (secondary N) is 1. The molecule has 1 atom stereocenters. The monoisotopic (exact) mass is 447 g/mol. The summed E-state index contributed by atoms with van der Waals surface area (Å²) in [7, 11) is 1.61. The first-order chi connectivity index (χ1) is 15.9. The summed E-state index contributed by atoms with van der Waals surface area (Å²) in [4.78, 5) is 23.6. The number of carbonyl (C=O) groups excluding carboxylic acids is 1. The maximum Gasteiger partial charge on any atom is 0.277 e. The SMILES string of the molecule is CCN=C1NC(=Cc2ccc(-n3cnc(C)c3)c(OC)c2)C(=O)N1[C@H](C)c1ccc(F)cc1. The second-order valence-electron chi connectivity index (χ2n) is 7.74. The quantitative estimate of drug-likeness (QED) is 0.574. The largest absolute Gasteiger partial charge is 0.495 e. The third-order valence-corrected chi connectivity index (χ3v) is 5.48. The Morgan fingerprint density at radius 3 is 2.64 bits per heavy atom. The topological polar surface area (TPSA) is 71.7 Å². The standard InChI is InChI=1S/C25H26FN5O2/c1-5-27-25-29-21(24(32)31(25)17(3)19-7-9-20(26)10-8-19)12-18-6-11-22(23(13-18)33-4)30-14-16(2)28-15-30/h6-15,17H,5H2,1-4H3,(H,27,29)/t17-/m1/s1. The predicted octanol–water partition coefficient (Wildman–Crippen LogP) is 4.24. The Hall–Kier alpha value is -3.94. The van der Waals surface area contributed by atoms with Crippen molar-refractivity contribution in [1.82, 2.24) is 19.8 Å². The average Bonchev–Trinajstić information content (AvgIpc) is 3.37. The second-order valence-corrected chi connectivity index (χ2v) is 7.74. The van der Waals surface area contributed by atoms with Crippen LogP contribution in [-0.4, -0.2) is 40.0 Å². The zero-order valence-electron chi connectivity index (χ0n) is 19.0. The highest BCUT2D eigenvalue weighted by atomic mass is 19.1. The van der Waals surface area contributed by atoms with Gasteiger partial charge in [0.05, 0.1) is 30.9 Å². The van der Waals surface area contributed by atoms with Gasteiger partial charge in [0, 0.05) is 12.7 Å². The Labute approximate surface area is 192 Å². The zero-order chi connectivity index (χ0) is 23.5. The van der Waals surface area contributed by atoms with E-state index < -0.39 is 0 Å². The molecule has 1 fully saturated rings. The molecule has 0 unspecified atom stereocenters. The van der Waals surface area contributed by atoms with Crippen LogP contribution in [0, 0.1) is 12.7 Å². The summed E-state index contributed by atoms with van der Waals surface area (Å²) in [6, 6.07) is 11.5. The van der Waals surface area contributed by atoms with E-state index >= 15 is 0 Å². The number of benzene rings is 2. The molecule has 1 aliphatic heterocycles.